The minimum Gasteiger partial charge on any atom is -0.284 e. The molecule has 0 atom stereocenters. The van der Waals surface area contributed by atoms with E-state index in [9.17, 15) is 4.79 Å². The number of fused-ring (bicyclic) bond motifs is 4. The topological polar surface area (TPSA) is 34.9 Å². The van der Waals surface area contributed by atoms with Crippen LogP contribution < -0.4 is 5.56 Å². The van der Waals surface area contributed by atoms with E-state index in [1.807, 2.05) is 4.57 Å². The first kappa shape index (κ1) is 19.0. The molecule has 3 aliphatic rings. The summed E-state index contributed by atoms with van der Waals surface area (Å²) in [6.45, 7) is 0. The molecule has 2 aromatic rings. The zero-order chi connectivity index (χ0) is 19.8. The van der Waals surface area contributed by atoms with Gasteiger partial charge in [0.25, 0.3) is 5.56 Å². The van der Waals surface area contributed by atoms with Crippen molar-refractivity contribution in [1.29, 1.82) is 0 Å². The van der Waals surface area contributed by atoms with Crippen LogP contribution >= 0.6 is 11.8 Å². The second kappa shape index (κ2) is 7.69. The molecule has 0 amide bonds. The van der Waals surface area contributed by atoms with Gasteiger partial charge < -0.3 is 0 Å². The molecule has 1 heterocycles. The molecule has 29 heavy (non-hydrogen) atoms. The van der Waals surface area contributed by atoms with E-state index in [1.165, 1.54) is 37.7 Å². The SMILES string of the molecule is C#CCSc1nc2c(c(=O)n1C1CCCCC1)C1(CCCC1)Cc1ccccc1-2. The van der Waals surface area contributed by atoms with Gasteiger partial charge in [0.1, 0.15) is 0 Å². The fraction of sp³-hybridized carbons (Fsp3) is 0.520. The summed E-state index contributed by atoms with van der Waals surface area (Å²) in [5.74, 6) is 3.27. The highest BCUT2D eigenvalue weighted by molar-refractivity contribution is 7.99. The van der Waals surface area contributed by atoms with Gasteiger partial charge in [-0.05, 0) is 37.7 Å². The molecule has 2 fully saturated rings. The fourth-order valence-corrected chi connectivity index (χ4v) is 6.63. The Kier molecular flexibility index (Phi) is 5.04. The molecular formula is C25H28N2OS. The maximum absolute atomic E-state index is 14.1. The Bertz CT molecular complexity index is 1020. The predicted octanol–water partition coefficient (Wildman–Crippen LogP) is 5.51. The number of aromatic nitrogens is 2. The summed E-state index contributed by atoms with van der Waals surface area (Å²) in [4.78, 5) is 19.3. The van der Waals surface area contributed by atoms with Crippen LogP contribution in [0.2, 0.25) is 0 Å². The van der Waals surface area contributed by atoms with E-state index >= 15 is 0 Å². The van der Waals surface area contributed by atoms with Crippen molar-refractivity contribution in [1.82, 2.24) is 9.55 Å². The molecule has 2 saturated carbocycles. The van der Waals surface area contributed by atoms with Crippen molar-refractivity contribution < 1.29 is 0 Å². The van der Waals surface area contributed by atoms with Gasteiger partial charge in [0.15, 0.2) is 5.16 Å². The number of nitrogens with zero attached hydrogens (tertiary/aromatic N) is 2. The lowest BCUT2D eigenvalue weighted by Gasteiger charge is -2.37. The zero-order valence-corrected chi connectivity index (χ0v) is 17.8. The summed E-state index contributed by atoms with van der Waals surface area (Å²) in [6, 6.07) is 8.82. The smallest absolute Gasteiger partial charge is 0.258 e. The Labute approximate surface area is 177 Å². The predicted molar refractivity (Wildman–Crippen MR) is 119 cm³/mol. The summed E-state index contributed by atoms with van der Waals surface area (Å²) < 4.78 is 2.05. The first-order valence-corrected chi connectivity index (χ1v) is 12.0. The molecule has 5 rings (SSSR count). The molecule has 3 nitrogen and oxygen atoms in total. The van der Waals surface area contributed by atoms with Gasteiger partial charge >= 0.3 is 0 Å². The van der Waals surface area contributed by atoms with Crippen molar-refractivity contribution in [2.45, 2.75) is 80.8 Å². The molecular weight excluding hydrogens is 376 g/mol. The van der Waals surface area contributed by atoms with Crippen LogP contribution in [0.15, 0.2) is 34.2 Å². The van der Waals surface area contributed by atoms with Crippen LogP contribution in [0, 0.1) is 12.3 Å². The Hall–Kier alpha value is -1.99. The summed E-state index contributed by atoms with van der Waals surface area (Å²) in [5, 5.41) is 0.823. The third kappa shape index (κ3) is 3.15. The van der Waals surface area contributed by atoms with Crippen molar-refractivity contribution in [3.63, 3.8) is 0 Å². The number of hydrogen-bond donors (Lipinski definition) is 0. The third-order valence-electron chi connectivity index (χ3n) is 7.20. The number of rotatable bonds is 3. The monoisotopic (exact) mass is 404 g/mol. The minimum absolute atomic E-state index is 0.0283. The van der Waals surface area contributed by atoms with E-state index in [0.29, 0.717) is 5.75 Å². The normalized spacial score (nSPS) is 20.2. The average Bonchev–Trinajstić information content (AvgIpc) is 3.21. The first-order chi connectivity index (χ1) is 14.2. The van der Waals surface area contributed by atoms with Crippen LogP contribution in [0.1, 0.15) is 75.0 Å². The van der Waals surface area contributed by atoms with Crippen LogP contribution in [0.25, 0.3) is 11.3 Å². The Morgan fingerprint density at radius 2 is 1.90 bits per heavy atom. The summed E-state index contributed by atoms with van der Waals surface area (Å²) >= 11 is 1.55. The standard InChI is InChI=1S/C25H28N2OS/c1-2-16-29-24-26-22-20-13-7-6-10-18(20)17-25(14-8-9-15-25)21(22)23(28)27(24)19-11-4-3-5-12-19/h1,6-7,10,13,19H,3-5,8-9,11-12,14-17H2. The highest BCUT2D eigenvalue weighted by Crippen LogP contribution is 2.50. The molecule has 4 heteroatoms. The van der Waals surface area contributed by atoms with Gasteiger partial charge in [0, 0.05) is 17.0 Å². The maximum Gasteiger partial charge on any atom is 0.258 e. The van der Waals surface area contributed by atoms with E-state index in [4.69, 9.17) is 11.4 Å². The number of terminal acetylenes is 1. The van der Waals surface area contributed by atoms with Crippen molar-refractivity contribution >= 4 is 11.8 Å². The van der Waals surface area contributed by atoms with Gasteiger partial charge in [-0.3, -0.25) is 9.36 Å². The summed E-state index contributed by atoms with van der Waals surface area (Å²) in [5.41, 5.74) is 4.62. The molecule has 1 spiro atoms. The molecule has 3 aliphatic carbocycles. The van der Waals surface area contributed by atoms with Gasteiger partial charge in [0.2, 0.25) is 0 Å². The maximum atomic E-state index is 14.1. The Morgan fingerprint density at radius 1 is 1.14 bits per heavy atom. The van der Waals surface area contributed by atoms with E-state index in [2.05, 4.69) is 30.2 Å². The van der Waals surface area contributed by atoms with E-state index in [-0.39, 0.29) is 17.0 Å². The van der Waals surface area contributed by atoms with Crippen LogP contribution in [0.3, 0.4) is 0 Å². The van der Waals surface area contributed by atoms with Crippen molar-refractivity contribution in [3.05, 3.63) is 45.7 Å². The van der Waals surface area contributed by atoms with Crippen LogP contribution in [0.5, 0.6) is 0 Å². The number of benzene rings is 1. The Morgan fingerprint density at radius 3 is 2.66 bits per heavy atom. The molecule has 0 unspecified atom stereocenters. The molecule has 1 aromatic carbocycles. The first-order valence-electron chi connectivity index (χ1n) is 11.0. The van der Waals surface area contributed by atoms with E-state index in [1.54, 1.807) is 11.8 Å². The molecule has 0 bridgehead atoms. The fourth-order valence-electron chi connectivity index (χ4n) is 5.89. The van der Waals surface area contributed by atoms with Gasteiger partial charge in [-0.1, -0.05) is 74.1 Å². The lowest BCUT2D eigenvalue weighted by Crippen LogP contribution is -2.41. The van der Waals surface area contributed by atoms with Crippen LogP contribution in [-0.4, -0.2) is 15.3 Å². The lowest BCUT2D eigenvalue weighted by molar-refractivity contribution is 0.316. The van der Waals surface area contributed by atoms with Gasteiger partial charge in [-0.25, -0.2) is 4.98 Å². The van der Waals surface area contributed by atoms with E-state index < -0.39 is 0 Å². The van der Waals surface area contributed by atoms with Gasteiger partial charge in [-0.2, -0.15) is 0 Å². The lowest BCUT2D eigenvalue weighted by atomic mass is 9.68. The average molecular weight is 405 g/mol. The highest BCUT2D eigenvalue weighted by atomic mass is 32.2. The van der Waals surface area contributed by atoms with Crippen LogP contribution in [0.4, 0.5) is 0 Å². The van der Waals surface area contributed by atoms with Crippen molar-refractivity contribution in [3.8, 4) is 23.6 Å². The molecule has 0 radical (unpaired) electrons. The van der Waals surface area contributed by atoms with Gasteiger partial charge in [-0.15, -0.1) is 6.42 Å². The molecule has 0 N–H and O–H groups in total. The summed E-state index contributed by atoms with van der Waals surface area (Å²) in [7, 11) is 0. The van der Waals surface area contributed by atoms with Crippen LogP contribution in [-0.2, 0) is 11.8 Å². The molecule has 150 valence electrons. The van der Waals surface area contributed by atoms with E-state index in [0.717, 1.165) is 54.1 Å². The van der Waals surface area contributed by atoms with Crippen molar-refractivity contribution in [2.75, 3.05) is 5.75 Å². The minimum atomic E-state index is -0.0283. The summed E-state index contributed by atoms with van der Waals surface area (Å²) in [6.07, 6.45) is 17.0. The largest absolute Gasteiger partial charge is 0.284 e. The number of hydrogen-bond acceptors (Lipinski definition) is 3. The molecule has 0 saturated heterocycles. The third-order valence-corrected chi connectivity index (χ3v) is 8.06. The number of thioether (sulfide) groups is 1. The zero-order valence-electron chi connectivity index (χ0n) is 17.0. The quantitative estimate of drug-likeness (QED) is 0.384. The van der Waals surface area contributed by atoms with Gasteiger partial charge in [0.05, 0.1) is 17.0 Å². The molecule has 0 aliphatic heterocycles. The highest BCUT2D eigenvalue weighted by Gasteiger charge is 2.45. The Balaban J connectivity index is 1.77. The van der Waals surface area contributed by atoms with Crippen molar-refractivity contribution in [2.24, 2.45) is 0 Å². The second-order valence-corrected chi connectivity index (χ2v) is 9.84. The molecule has 1 aromatic heterocycles. The second-order valence-electron chi connectivity index (χ2n) is 8.90.